The minimum atomic E-state index is -0.0647. The van der Waals surface area contributed by atoms with Crippen molar-refractivity contribution in [3.05, 3.63) is 54.0 Å². The van der Waals surface area contributed by atoms with E-state index in [4.69, 9.17) is 0 Å². The fourth-order valence-electron chi connectivity index (χ4n) is 2.03. The molecule has 1 heterocycles. The van der Waals surface area contributed by atoms with Crippen LogP contribution in [0.1, 0.15) is 29.9 Å². The van der Waals surface area contributed by atoms with E-state index < -0.39 is 0 Å². The average Bonchev–Trinajstić information content (AvgIpc) is 2.55. The van der Waals surface area contributed by atoms with Crippen molar-refractivity contribution in [2.75, 3.05) is 18.4 Å². The number of amides is 1. The number of rotatable bonds is 6. The molecule has 1 amide bonds. The van der Waals surface area contributed by atoms with Crippen LogP contribution >= 0.6 is 0 Å². The summed E-state index contributed by atoms with van der Waals surface area (Å²) in [5.74, 6) is 0.592. The van der Waals surface area contributed by atoms with Gasteiger partial charge < -0.3 is 10.2 Å². The summed E-state index contributed by atoms with van der Waals surface area (Å²) in [5.41, 5.74) is 1.58. The molecule has 5 nitrogen and oxygen atoms in total. The predicted octanol–water partition coefficient (Wildman–Crippen LogP) is 2.57. The maximum Gasteiger partial charge on any atom is 0.272 e. The van der Waals surface area contributed by atoms with Crippen molar-refractivity contribution in [1.29, 1.82) is 0 Å². The second-order valence-corrected chi connectivity index (χ2v) is 4.61. The van der Waals surface area contributed by atoms with Crippen LogP contribution in [0.25, 0.3) is 0 Å². The fraction of sp³-hybridized carbons (Fsp3) is 0.312. The Kier molecular flexibility index (Phi) is 5.26. The number of carbonyl (C=O) groups excluding carboxylic acids is 1. The van der Waals surface area contributed by atoms with Gasteiger partial charge in [0.15, 0.2) is 0 Å². The van der Waals surface area contributed by atoms with Gasteiger partial charge in [0.05, 0.1) is 0 Å². The van der Waals surface area contributed by atoms with Gasteiger partial charge in [-0.15, -0.1) is 0 Å². The molecule has 0 atom stereocenters. The molecule has 0 aliphatic heterocycles. The first kappa shape index (κ1) is 15.0. The lowest BCUT2D eigenvalue weighted by atomic mass is 10.2. The number of hydrogen-bond acceptors (Lipinski definition) is 4. The highest BCUT2D eigenvalue weighted by Gasteiger charge is 2.14. The Labute approximate surface area is 125 Å². The molecule has 1 aromatic heterocycles. The zero-order valence-electron chi connectivity index (χ0n) is 12.4. The predicted molar refractivity (Wildman–Crippen MR) is 83.1 cm³/mol. The Hall–Kier alpha value is -2.43. The lowest BCUT2D eigenvalue weighted by Crippen LogP contribution is -2.31. The van der Waals surface area contributed by atoms with E-state index in [1.54, 1.807) is 11.0 Å². The van der Waals surface area contributed by atoms with Crippen LogP contribution in [-0.2, 0) is 6.54 Å². The second-order valence-electron chi connectivity index (χ2n) is 4.61. The summed E-state index contributed by atoms with van der Waals surface area (Å²) in [7, 11) is 0. The lowest BCUT2D eigenvalue weighted by molar-refractivity contribution is 0.0767. The van der Waals surface area contributed by atoms with Gasteiger partial charge in [0.1, 0.15) is 17.8 Å². The highest BCUT2D eigenvalue weighted by molar-refractivity contribution is 5.92. The Morgan fingerprint density at radius 1 is 1.14 bits per heavy atom. The first-order valence-corrected chi connectivity index (χ1v) is 7.13. The van der Waals surface area contributed by atoms with Crippen molar-refractivity contribution < 1.29 is 4.79 Å². The Morgan fingerprint density at radius 3 is 2.52 bits per heavy atom. The third kappa shape index (κ3) is 4.02. The lowest BCUT2D eigenvalue weighted by Gasteiger charge is -2.18. The smallest absolute Gasteiger partial charge is 0.272 e. The minimum absolute atomic E-state index is 0.0647. The van der Waals surface area contributed by atoms with Gasteiger partial charge in [-0.1, -0.05) is 30.3 Å². The number of carbonyl (C=O) groups is 1. The quantitative estimate of drug-likeness (QED) is 0.885. The molecular formula is C16H20N4O. The average molecular weight is 284 g/mol. The summed E-state index contributed by atoms with van der Waals surface area (Å²) in [6, 6.07) is 11.7. The number of nitrogens with one attached hydrogen (secondary N) is 1. The van der Waals surface area contributed by atoms with Gasteiger partial charge in [0, 0.05) is 25.7 Å². The molecule has 0 spiro atoms. The van der Waals surface area contributed by atoms with Crippen molar-refractivity contribution in [1.82, 2.24) is 14.9 Å². The van der Waals surface area contributed by atoms with E-state index in [9.17, 15) is 4.79 Å². The van der Waals surface area contributed by atoms with Gasteiger partial charge in [-0.2, -0.15) is 0 Å². The van der Waals surface area contributed by atoms with E-state index in [1.807, 2.05) is 44.2 Å². The zero-order chi connectivity index (χ0) is 15.1. The topological polar surface area (TPSA) is 58.1 Å². The summed E-state index contributed by atoms with van der Waals surface area (Å²) >= 11 is 0. The molecule has 0 radical (unpaired) electrons. The zero-order valence-corrected chi connectivity index (χ0v) is 12.4. The number of nitrogens with zero attached hydrogens (tertiary/aromatic N) is 3. The summed E-state index contributed by atoms with van der Waals surface area (Å²) in [5, 5.41) is 3.21. The van der Waals surface area contributed by atoms with E-state index in [0.717, 1.165) is 5.56 Å². The number of aromatic nitrogens is 2. The Morgan fingerprint density at radius 2 is 1.86 bits per heavy atom. The molecule has 1 aromatic carbocycles. The summed E-state index contributed by atoms with van der Waals surface area (Å²) in [6.45, 7) is 5.92. The molecule has 5 heteroatoms. The highest BCUT2D eigenvalue weighted by Crippen LogP contribution is 2.09. The summed E-state index contributed by atoms with van der Waals surface area (Å²) < 4.78 is 0. The van der Waals surface area contributed by atoms with E-state index in [2.05, 4.69) is 15.3 Å². The summed E-state index contributed by atoms with van der Waals surface area (Å²) in [6.07, 6.45) is 1.42. The maximum absolute atomic E-state index is 12.2. The molecule has 0 aliphatic carbocycles. The van der Waals surface area contributed by atoms with Crippen molar-refractivity contribution in [2.24, 2.45) is 0 Å². The Balaban J connectivity index is 2.05. The molecule has 110 valence electrons. The minimum Gasteiger partial charge on any atom is -0.366 e. The molecule has 0 fully saturated rings. The molecule has 0 aliphatic rings. The van der Waals surface area contributed by atoms with Crippen molar-refractivity contribution in [3.63, 3.8) is 0 Å². The summed E-state index contributed by atoms with van der Waals surface area (Å²) in [4.78, 5) is 22.2. The molecule has 1 N–H and O–H groups in total. The SMILES string of the molecule is CCN(CC)C(=O)c1cc(NCc2ccccc2)ncn1. The molecule has 0 saturated carbocycles. The molecule has 2 aromatic rings. The highest BCUT2D eigenvalue weighted by atomic mass is 16.2. The van der Waals surface area contributed by atoms with Crippen LogP contribution in [0.2, 0.25) is 0 Å². The van der Waals surface area contributed by atoms with E-state index in [0.29, 0.717) is 31.1 Å². The fourth-order valence-corrected chi connectivity index (χ4v) is 2.03. The Bertz CT molecular complexity index is 582. The number of benzene rings is 1. The van der Waals surface area contributed by atoms with Crippen molar-refractivity contribution in [2.45, 2.75) is 20.4 Å². The van der Waals surface area contributed by atoms with Gasteiger partial charge in [0.25, 0.3) is 5.91 Å². The first-order chi connectivity index (χ1) is 10.2. The third-order valence-electron chi connectivity index (χ3n) is 3.25. The molecule has 21 heavy (non-hydrogen) atoms. The first-order valence-electron chi connectivity index (χ1n) is 7.13. The van der Waals surface area contributed by atoms with Crippen molar-refractivity contribution in [3.8, 4) is 0 Å². The number of anilines is 1. The van der Waals surface area contributed by atoms with Gasteiger partial charge in [-0.3, -0.25) is 4.79 Å². The van der Waals surface area contributed by atoms with Crippen LogP contribution in [0, 0.1) is 0 Å². The largest absolute Gasteiger partial charge is 0.366 e. The molecular weight excluding hydrogens is 264 g/mol. The van der Waals surface area contributed by atoms with Crippen LogP contribution in [0.4, 0.5) is 5.82 Å². The van der Waals surface area contributed by atoms with Crippen LogP contribution in [-0.4, -0.2) is 33.9 Å². The molecule has 0 unspecified atom stereocenters. The van der Waals surface area contributed by atoms with Gasteiger partial charge in [0.2, 0.25) is 0 Å². The van der Waals surface area contributed by atoms with Gasteiger partial charge in [-0.05, 0) is 19.4 Å². The van der Waals surface area contributed by atoms with Gasteiger partial charge >= 0.3 is 0 Å². The van der Waals surface area contributed by atoms with E-state index >= 15 is 0 Å². The third-order valence-corrected chi connectivity index (χ3v) is 3.25. The maximum atomic E-state index is 12.2. The van der Waals surface area contributed by atoms with Crippen molar-refractivity contribution >= 4 is 11.7 Å². The van der Waals surface area contributed by atoms with Crippen LogP contribution in [0.3, 0.4) is 0 Å². The van der Waals surface area contributed by atoms with Gasteiger partial charge in [-0.25, -0.2) is 9.97 Å². The van der Waals surface area contributed by atoms with Crippen LogP contribution < -0.4 is 5.32 Å². The molecule has 0 bridgehead atoms. The number of hydrogen-bond donors (Lipinski definition) is 1. The molecule has 0 saturated heterocycles. The monoisotopic (exact) mass is 284 g/mol. The second kappa shape index (κ2) is 7.38. The van der Waals surface area contributed by atoms with E-state index in [-0.39, 0.29) is 5.91 Å². The van der Waals surface area contributed by atoms with Crippen LogP contribution in [0.5, 0.6) is 0 Å². The standard InChI is InChI=1S/C16H20N4O/c1-3-20(4-2)16(21)14-10-15(19-12-18-14)17-11-13-8-6-5-7-9-13/h5-10,12H,3-4,11H2,1-2H3,(H,17,18,19). The molecule has 2 rings (SSSR count). The van der Waals surface area contributed by atoms with Crippen LogP contribution in [0.15, 0.2) is 42.7 Å². The normalized spacial score (nSPS) is 10.2. The van der Waals surface area contributed by atoms with E-state index in [1.165, 1.54) is 6.33 Å².